The lowest BCUT2D eigenvalue weighted by atomic mass is 9.94. The largest absolute Gasteiger partial charge is 0.381 e. The minimum Gasteiger partial charge on any atom is -0.381 e. The molecule has 0 aromatic rings. The highest BCUT2D eigenvalue weighted by Crippen LogP contribution is 2.59. The zero-order valence-electron chi connectivity index (χ0n) is 11.3. The van der Waals surface area contributed by atoms with Gasteiger partial charge in [-0.1, -0.05) is 0 Å². The van der Waals surface area contributed by atoms with Crippen molar-refractivity contribution < 1.29 is 4.74 Å². The molecule has 0 radical (unpaired) electrons. The van der Waals surface area contributed by atoms with Crippen LogP contribution < -0.4 is 11.1 Å². The number of ether oxygens (including phenoxy) is 1. The fourth-order valence-corrected chi connectivity index (χ4v) is 2.71. The Morgan fingerprint density at radius 2 is 2.06 bits per heavy atom. The second kappa shape index (κ2) is 4.48. The molecule has 17 heavy (non-hydrogen) atoms. The van der Waals surface area contributed by atoms with Gasteiger partial charge in [-0.05, 0) is 51.4 Å². The summed E-state index contributed by atoms with van der Waals surface area (Å²) in [6.07, 6.45) is 3.72. The molecule has 1 saturated heterocycles. The van der Waals surface area contributed by atoms with Gasteiger partial charge in [0, 0.05) is 25.3 Å². The predicted molar refractivity (Wildman–Crippen MR) is 70.0 cm³/mol. The Morgan fingerprint density at radius 1 is 1.41 bits per heavy atom. The second-order valence-corrected chi connectivity index (χ2v) is 6.48. The first kappa shape index (κ1) is 12.7. The number of guanidine groups is 1. The molecule has 1 unspecified atom stereocenters. The fourth-order valence-electron chi connectivity index (χ4n) is 2.71. The summed E-state index contributed by atoms with van der Waals surface area (Å²) in [5.41, 5.74) is 6.41. The minimum atomic E-state index is -0.00645. The van der Waals surface area contributed by atoms with Gasteiger partial charge in [0.1, 0.15) is 0 Å². The van der Waals surface area contributed by atoms with Crippen LogP contribution in [0.15, 0.2) is 4.99 Å². The quantitative estimate of drug-likeness (QED) is 0.567. The third kappa shape index (κ3) is 3.35. The third-order valence-corrected chi connectivity index (χ3v) is 3.83. The predicted octanol–water partition coefficient (Wildman–Crippen LogP) is 1.51. The van der Waals surface area contributed by atoms with Crippen LogP contribution in [0.1, 0.15) is 40.0 Å². The molecule has 0 aromatic heterocycles. The lowest BCUT2D eigenvalue weighted by Gasteiger charge is -2.23. The fraction of sp³-hybridized carbons (Fsp3) is 0.923. The molecule has 1 aliphatic heterocycles. The molecule has 1 atom stereocenters. The Kier molecular flexibility index (Phi) is 3.34. The van der Waals surface area contributed by atoms with Crippen molar-refractivity contribution in [3.63, 3.8) is 0 Å². The Hall–Kier alpha value is -0.770. The number of nitrogens with two attached hydrogens (primary N) is 1. The lowest BCUT2D eigenvalue weighted by Crippen LogP contribution is -2.45. The summed E-state index contributed by atoms with van der Waals surface area (Å²) >= 11 is 0. The first-order valence-electron chi connectivity index (χ1n) is 6.57. The van der Waals surface area contributed by atoms with Crippen LogP contribution in [-0.4, -0.2) is 31.3 Å². The first-order valence-corrected chi connectivity index (χ1v) is 6.57. The summed E-state index contributed by atoms with van der Waals surface area (Å²) in [6.45, 7) is 8.99. The number of nitrogens with zero attached hydrogens (tertiary/aromatic N) is 1. The van der Waals surface area contributed by atoms with E-state index < -0.39 is 0 Å². The van der Waals surface area contributed by atoms with E-state index in [0.29, 0.717) is 11.4 Å². The highest BCUT2D eigenvalue weighted by atomic mass is 16.5. The number of rotatable bonds is 2. The zero-order chi connectivity index (χ0) is 12.5. The van der Waals surface area contributed by atoms with Crippen LogP contribution in [0.4, 0.5) is 0 Å². The van der Waals surface area contributed by atoms with Gasteiger partial charge in [0.15, 0.2) is 5.96 Å². The van der Waals surface area contributed by atoms with E-state index in [0.717, 1.165) is 25.7 Å². The van der Waals surface area contributed by atoms with Crippen LogP contribution >= 0.6 is 0 Å². The molecular weight excluding hydrogens is 214 g/mol. The average molecular weight is 239 g/mol. The van der Waals surface area contributed by atoms with Crippen LogP contribution in [0.3, 0.4) is 0 Å². The summed E-state index contributed by atoms with van der Waals surface area (Å²) in [7, 11) is 0. The molecule has 98 valence electrons. The molecule has 4 nitrogen and oxygen atoms in total. The maximum atomic E-state index is 5.87. The van der Waals surface area contributed by atoms with Crippen LogP contribution in [0.5, 0.6) is 0 Å². The van der Waals surface area contributed by atoms with E-state index in [1.165, 1.54) is 19.3 Å². The van der Waals surface area contributed by atoms with Gasteiger partial charge in [0.05, 0.1) is 0 Å². The number of nitrogens with one attached hydrogen (secondary N) is 1. The molecule has 1 aliphatic carbocycles. The number of hydrogen-bond acceptors (Lipinski definition) is 2. The van der Waals surface area contributed by atoms with Crippen molar-refractivity contribution in [3.05, 3.63) is 0 Å². The highest BCUT2D eigenvalue weighted by Gasteiger charge is 2.53. The van der Waals surface area contributed by atoms with Gasteiger partial charge >= 0.3 is 0 Å². The normalized spacial score (nSPS) is 28.2. The van der Waals surface area contributed by atoms with Gasteiger partial charge < -0.3 is 15.8 Å². The molecule has 0 aromatic carbocycles. The van der Waals surface area contributed by atoms with Crippen molar-refractivity contribution in [2.24, 2.45) is 22.1 Å². The molecule has 2 fully saturated rings. The Bertz CT molecular complexity index is 300. The Labute approximate surface area is 104 Å². The van der Waals surface area contributed by atoms with Gasteiger partial charge in [-0.2, -0.15) is 0 Å². The van der Waals surface area contributed by atoms with Crippen molar-refractivity contribution in [1.82, 2.24) is 5.32 Å². The smallest absolute Gasteiger partial charge is 0.188 e. The van der Waals surface area contributed by atoms with E-state index in [9.17, 15) is 0 Å². The van der Waals surface area contributed by atoms with Gasteiger partial charge in [-0.3, -0.25) is 4.99 Å². The molecule has 1 saturated carbocycles. The van der Waals surface area contributed by atoms with Crippen molar-refractivity contribution in [2.75, 3.05) is 19.8 Å². The lowest BCUT2D eigenvalue weighted by molar-refractivity contribution is 0.0525. The average Bonchev–Trinajstić information content (AvgIpc) is 2.87. The number of aliphatic imine (C=N–C) groups is 1. The van der Waals surface area contributed by atoms with Gasteiger partial charge in [-0.25, -0.2) is 0 Å². The minimum absolute atomic E-state index is 0.00645. The first-order chi connectivity index (χ1) is 7.91. The number of hydrogen-bond donors (Lipinski definition) is 2. The van der Waals surface area contributed by atoms with Crippen LogP contribution in [0.25, 0.3) is 0 Å². The van der Waals surface area contributed by atoms with Crippen LogP contribution in [0, 0.1) is 11.3 Å². The summed E-state index contributed by atoms with van der Waals surface area (Å²) in [5.74, 6) is 1.30. The standard InChI is InChI=1S/C13H25N3O/c1-12(2,3)16-11(14)15-9-10-8-13(10)4-6-17-7-5-13/h10H,4-9H2,1-3H3,(H3,14,15,16). The van der Waals surface area contributed by atoms with Crippen LogP contribution in [-0.2, 0) is 4.74 Å². The van der Waals surface area contributed by atoms with E-state index in [1.54, 1.807) is 0 Å². The summed E-state index contributed by atoms with van der Waals surface area (Å²) < 4.78 is 5.41. The SMILES string of the molecule is CC(C)(C)NC(N)=NCC1CC12CCOCC2. The van der Waals surface area contributed by atoms with Gasteiger partial charge in [0.2, 0.25) is 0 Å². The molecule has 3 N–H and O–H groups in total. The summed E-state index contributed by atoms with van der Waals surface area (Å²) in [5, 5.41) is 3.20. The van der Waals surface area contributed by atoms with E-state index in [1.807, 2.05) is 0 Å². The molecule has 1 spiro atoms. The monoisotopic (exact) mass is 239 g/mol. The summed E-state index contributed by atoms with van der Waals surface area (Å²) in [6, 6.07) is 0. The summed E-state index contributed by atoms with van der Waals surface area (Å²) in [4.78, 5) is 4.46. The molecule has 2 aliphatic rings. The van der Waals surface area contributed by atoms with Crippen LogP contribution in [0.2, 0.25) is 0 Å². The molecular formula is C13H25N3O. The molecule has 0 bridgehead atoms. The van der Waals surface area contributed by atoms with E-state index in [4.69, 9.17) is 10.5 Å². The second-order valence-electron chi connectivity index (χ2n) is 6.48. The zero-order valence-corrected chi connectivity index (χ0v) is 11.3. The van der Waals surface area contributed by atoms with E-state index in [-0.39, 0.29) is 5.54 Å². The molecule has 2 rings (SSSR count). The topological polar surface area (TPSA) is 59.6 Å². The van der Waals surface area contributed by atoms with E-state index >= 15 is 0 Å². The molecule has 4 heteroatoms. The Balaban J connectivity index is 1.78. The van der Waals surface area contributed by atoms with Crippen molar-refractivity contribution in [1.29, 1.82) is 0 Å². The molecule has 0 amide bonds. The van der Waals surface area contributed by atoms with Crippen molar-refractivity contribution >= 4 is 5.96 Å². The van der Waals surface area contributed by atoms with Gasteiger partial charge in [-0.15, -0.1) is 0 Å². The maximum Gasteiger partial charge on any atom is 0.188 e. The highest BCUT2D eigenvalue weighted by molar-refractivity contribution is 5.78. The van der Waals surface area contributed by atoms with E-state index in [2.05, 4.69) is 31.1 Å². The molecule has 1 heterocycles. The van der Waals surface area contributed by atoms with Crippen molar-refractivity contribution in [3.8, 4) is 0 Å². The van der Waals surface area contributed by atoms with Gasteiger partial charge in [0.25, 0.3) is 0 Å². The maximum absolute atomic E-state index is 5.87. The Morgan fingerprint density at radius 3 is 2.65 bits per heavy atom. The third-order valence-electron chi connectivity index (χ3n) is 3.83. The van der Waals surface area contributed by atoms with Crippen molar-refractivity contribution in [2.45, 2.75) is 45.6 Å².